The van der Waals surface area contributed by atoms with Crippen LogP contribution in [0, 0.1) is 5.41 Å². The molecule has 0 amide bonds. The van der Waals surface area contributed by atoms with Crippen LogP contribution in [0.1, 0.15) is 37.8 Å². The fraction of sp³-hybridized carbons (Fsp3) is 0.238. The molecule has 0 aliphatic carbocycles. The minimum absolute atomic E-state index is 0.190. The highest BCUT2D eigenvalue weighted by Gasteiger charge is 2.28. The molecule has 1 aliphatic heterocycles. The molecule has 1 heterocycles. The predicted octanol–water partition coefficient (Wildman–Crippen LogP) is 4.85. The smallest absolute Gasteiger partial charge is 0.103 e. The Morgan fingerprint density at radius 1 is 1.12 bits per heavy atom. The van der Waals surface area contributed by atoms with E-state index in [-0.39, 0.29) is 11.3 Å². The lowest BCUT2D eigenvalue weighted by Gasteiger charge is -2.33. The van der Waals surface area contributed by atoms with E-state index in [1.54, 1.807) is 0 Å². The molecule has 2 aromatic carbocycles. The van der Waals surface area contributed by atoms with E-state index < -0.39 is 0 Å². The Morgan fingerprint density at radius 2 is 1.80 bits per heavy atom. The summed E-state index contributed by atoms with van der Waals surface area (Å²) in [5, 5.41) is 21.7. The summed E-state index contributed by atoms with van der Waals surface area (Å²) in [7, 11) is 0. The number of aliphatic imine (C=N–C) groups is 1. The van der Waals surface area contributed by atoms with E-state index in [4.69, 9.17) is 5.41 Å². The zero-order valence-electron chi connectivity index (χ0n) is 14.6. The maximum atomic E-state index is 10.2. The zero-order chi connectivity index (χ0) is 17.9. The van der Waals surface area contributed by atoms with E-state index in [1.807, 2.05) is 48.5 Å². The standard InChI is InChI=1S/C21H23N3O/c1-21(2)17-10-6-7-11-19(17)23-20(24-21)13-12-16(25)14-18(22)15-8-4-3-5-9-15/h3-11,14,22,25H,12-13H2,1-2H3,(H,23,24)/b16-14-,22-18?. The number of nitrogens with one attached hydrogen (secondary N) is 2. The lowest BCUT2D eigenvalue weighted by Crippen LogP contribution is -2.43. The van der Waals surface area contributed by atoms with E-state index in [0.717, 1.165) is 17.1 Å². The summed E-state index contributed by atoms with van der Waals surface area (Å²) in [6.45, 7) is 4.25. The second-order valence-corrected chi connectivity index (χ2v) is 6.74. The van der Waals surface area contributed by atoms with Gasteiger partial charge in [0.05, 0.1) is 22.7 Å². The van der Waals surface area contributed by atoms with Crippen LogP contribution in [0.5, 0.6) is 0 Å². The van der Waals surface area contributed by atoms with Gasteiger partial charge in [0, 0.05) is 24.5 Å². The Bertz CT molecular complexity index is 835. The Morgan fingerprint density at radius 3 is 2.56 bits per heavy atom. The summed E-state index contributed by atoms with van der Waals surface area (Å²) in [5.74, 6) is 1.05. The van der Waals surface area contributed by atoms with Gasteiger partial charge in [0.25, 0.3) is 0 Å². The molecule has 0 saturated carbocycles. The molecule has 0 spiro atoms. The molecule has 0 atom stereocenters. The van der Waals surface area contributed by atoms with Crippen LogP contribution in [0.15, 0.2) is 71.4 Å². The summed E-state index contributed by atoms with van der Waals surface area (Å²) in [6, 6.07) is 17.5. The topological polar surface area (TPSA) is 68.5 Å². The molecule has 1 aliphatic rings. The molecular formula is C21H23N3O. The van der Waals surface area contributed by atoms with Crippen molar-refractivity contribution in [2.75, 3.05) is 0 Å². The van der Waals surface area contributed by atoms with Gasteiger partial charge in [-0.2, -0.15) is 0 Å². The average molecular weight is 333 g/mol. The van der Waals surface area contributed by atoms with E-state index in [0.29, 0.717) is 18.6 Å². The molecule has 2 aromatic rings. The highest BCUT2D eigenvalue weighted by Crippen LogP contribution is 2.33. The predicted molar refractivity (Wildman–Crippen MR) is 103 cm³/mol. The second-order valence-electron chi connectivity index (χ2n) is 6.74. The van der Waals surface area contributed by atoms with Gasteiger partial charge in [-0.3, -0.25) is 0 Å². The van der Waals surface area contributed by atoms with Gasteiger partial charge >= 0.3 is 0 Å². The van der Waals surface area contributed by atoms with Crippen molar-refractivity contribution in [3.8, 4) is 0 Å². The van der Waals surface area contributed by atoms with Crippen molar-refractivity contribution in [2.24, 2.45) is 4.99 Å². The molecule has 0 aromatic heterocycles. The van der Waals surface area contributed by atoms with Crippen LogP contribution < -0.4 is 5.32 Å². The summed E-state index contributed by atoms with van der Waals surface area (Å²) in [5.41, 5.74) is 3.05. The van der Waals surface area contributed by atoms with E-state index in [2.05, 4.69) is 30.2 Å². The average Bonchev–Trinajstić information content (AvgIpc) is 2.60. The highest BCUT2D eigenvalue weighted by atomic mass is 16.3. The Hall–Kier alpha value is -2.88. The quantitative estimate of drug-likeness (QED) is 0.541. The first-order valence-electron chi connectivity index (χ1n) is 8.44. The van der Waals surface area contributed by atoms with Gasteiger partial charge in [0.1, 0.15) is 5.84 Å². The summed E-state index contributed by atoms with van der Waals surface area (Å²) < 4.78 is 0. The number of aliphatic hydroxyl groups excluding tert-OH is 1. The molecule has 0 unspecified atom stereocenters. The van der Waals surface area contributed by atoms with Crippen molar-refractivity contribution < 1.29 is 5.11 Å². The van der Waals surface area contributed by atoms with Gasteiger partial charge in [0.15, 0.2) is 0 Å². The number of para-hydroxylation sites is 1. The van der Waals surface area contributed by atoms with Crippen molar-refractivity contribution in [1.82, 2.24) is 5.32 Å². The van der Waals surface area contributed by atoms with Crippen LogP contribution in [0.25, 0.3) is 0 Å². The normalized spacial score (nSPS) is 15.8. The summed E-state index contributed by atoms with van der Waals surface area (Å²) in [4.78, 5) is 4.66. The second kappa shape index (κ2) is 6.93. The molecular weight excluding hydrogens is 310 g/mol. The maximum Gasteiger partial charge on any atom is 0.103 e. The Balaban J connectivity index is 1.69. The first-order chi connectivity index (χ1) is 12.0. The van der Waals surface area contributed by atoms with Crippen LogP contribution in [0.3, 0.4) is 0 Å². The van der Waals surface area contributed by atoms with E-state index in [9.17, 15) is 5.11 Å². The fourth-order valence-corrected chi connectivity index (χ4v) is 3.01. The fourth-order valence-electron chi connectivity index (χ4n) is 3.01. The molecule has 0 radical (unpaired) electrons. The monoisotopic (exact) mass is 333 g/mol. The van der Waals surface area contributed by atoms with E-state index in [1.165, 1.54) is 11.6 Å². The van der Waals surface area contributed by atoms with Crippen molar-refractivity contribution in [3.63, 3.8) is 0 Å². The highest BCUT2D eigenvalue weighted by molar-refractivity contribution is 6.06. The van der Waals surface area contributed by atoms with Gasteiger partial charge in [0.2, 0.25) is 0 Å². The third-order valence-electron chi connectivity index (χ3n) is 4.30. The van der Waals surface area contributed by atoms with Crippen molar-refractivity contribution in [3.05, 3.63) is 77.6 Å². The van der Waals surface area contributed by atoms with Crippen LogP contribution in [-0.4, -0.2) is 16.7 Å². The molecule has 25 heavy (non-hydrogen) atoms. The van der Waals surface area contributed by atoms with Gasteiger partial charge in [-0.1, -0.05) is 48.5 Å². The number of amidine groups is 1. The maximum absolute atomic E-state index is 10.2. The Labute approximate surface area is 148 Å². The van der Waals surface area contributed by atoms with E-state index >= 15 is 0 Å². The first kappa shape index (κ1) is 17.0. The minimum atomic E-state index is -0.191. The molecule has 0 saturated heterocycles. The molecule has 3 N–H and O–H groups in total. The zero-order valence-corrected chi connectivity index (χ0v) is 14.6. The molecule has 3 rings (SSSR count). The number of aliphatic hydroxyl groups is 1. The Kier molecular flexibility index (Phi) is 4.70. The largest absolute Gasteiger partial charge is 0.512 e. The number of rotatable bonds is 5. The molecule has 0 fully saturated rings. The van der Waals surface area contributed by atoms with Crippen LogP contribution >= 0.6 is 0 Å². The number of hydrogen-bond acceptors (Lipinski definition) is 4. The molecule has 4 heteroatoms. The third kappa shape index (κ3) is 3.97. The summed E-state index contributed by atoms with van der Waals surface area (Å²) >= 11 is 0. The van der Waals surface area contributed by atoms with Gasteiger partial charge < -0.3 is 15.8 Å². The molecule has 0 bridgehead atoms. The summed E-state index contributed by atoms with van der Waals surface area (Å²) in [6.07, 6.45) is 2.55. The third-order valence-corrected chi connectivity index (χ3v) is 4.30. The first-order valence-corrected chi connectivity index (χ1v) is 8.44. The number of fused-ring (bicyclic) bond motifs is 1. The lowest BCUT2D eigenvalue weighted by molar-refractivity contribution is 0.389. The number of benzene rings is 2. The number of hydrogen-bond donors (Lipinski definition) is 3. The van der Waals surface area contributed by atoms with Crippen LogP contribution in [-0.2, 0) is 5.54 Å². The van der Waals surface area contributed by atoms with Crippen LogP contribution in [0.4, 0.5) is 5.69 Å². The molecule has 4 nitrogen and oxygen atoms in total. The van der Waals surface area contributed by atoms with Crippen molar-refractivity contribution in [2.45, 2.75) is 32.2 Å². The number of allylic oxidation sites excluding steroid dienone is 2. The van der Waals surface area contributed by atoms with Gasteiger partial charge in [-0.05, 0) is 25.5 Å². The molecule has 128 valence electrons. The van der Waals surface area contributed by atoms with Gasteiger partial charge in [-0.25, -0.2) is 4.99 Å². The number of nitrogens with zero attached hydrogens (tertiary/aromatic N) is 1. The lowest BCUT2D eigenvalue weighted by atomic mass is 9.90. The van der Waals surface area contributed by atoms with Gasteiger partial charge in [-0.15, -0.1) is 0 Å². The van der Waals surface area contributed by atoms with Crippen molar-refractivity contribution in [1.29, 1.82) is 5.41 Å². The van der Waals surface area contributed by atoms with Crippen LogP contribution in [0.2, 0.25) is 0 Å². The SMILES string of the molecule is CC1(C)NC(CC/C(O)=C/C(=N)c2ccccc2)=Nc2ccccc21. The van der Waals surface area contributed by atoms with Crippen molar-refractivity contribution >= 4 is 17.2 Å². The minimum Gasteiger partial charge on any atom is -0.512 e.